The number of primary amides is 1. The van der Waals surface area contributed by atoms with Crippen LogP contribution in [0.4, 0.5) is 0 Å². The molecule has 0 saturated carbocycles. The third-order valence-electron chi connectivity index (χ3n) is 6.39. The van der Waals surface area contributed by atoms with Gasteiger partial charge in [-0.1, -0.05) is 11.6 Å². The number of hydrogen-bond acceptors (Lipinski definition) is 7. The number of thiazole rings is 1. The molecular formula is C22H26Cl2N6O4S2. The lowest BCUT2D eigenvalue weighted by Gasteiger charge is -2.39. The number of H-pyrrole nitrogens is 1. The van der Waals surface area contributed by atoms with E-state index in [-0.39, 0.29) is 55.4 Å². The Bertz CT molecular complexity index is 1420. The van der Waals surface area contributed by atoms with Crippen molar-refractivity contribution in [3.63, 3.8) is 0 Å². The zero-order valence-electron chi connectivity index (χ0n) is 19.4. The molecule has 0 aliphatic carbocycles. The Balaban J connectivity index is 0.00000304. The number of sulfonamides is 1. The molecule has 194 valence electrons. The van der Waals surface area contributed by atoms with Gasteiger partial charge >= 0.3 is 0 Å². The molecule has 36 heavy (non-hydrogen) atoms. The maximum absolute atomic E-state index is 13.4. The number of fused-ring (bicyclic) bond motifs is 2. The van der Waals surface area contributed by atoms with Crippen molar-refractivity contribution in [1.29, 1.82) is 0 Å². The zero-order chi connectivity index (χ0) is 24.9. The van der Waals surface area contributed by atoms with Gasteiger partial charge in [-0.05, 0) is 31.2 Å². The van der Waals surface area contributed by atoms with Crippen LogP contribution < -0.4 is 11.1 Å². The van der Waals surface area contributed by atoms with Gasteiger partial charge in [-0.3, -0.25) is 9.59 Å². The van der Waals surface area contributed by atoms with E-state index in [0.717, 1.165) is 17.0 Å². The lowest BCUT2D eigenvalue weighted by atomic mass is 10.1. The summed E-state index contributed by atoms with van der Waals surface area (Å²) in [4.78, 5) is 35.2. The fourth-order valence-corrected chi connectivity index (χ4v) is 7.26. The third-order valence-corrected chi connectivity index (χ3v) is 9.50. The minimum atomic E-state index is -3.90. The maximum Gasteiger partial charge on any atom is 0.283 e. The normalized spacial score (nSPS) is 20.7. The number of aromatic amines is 1. The van der Waals surface area contributed by atoms with Crippen molar-refractivity contribution in [1.82, 2.24) is 24.5 Å². The molecule has 4 heterocycles. The van der Waals surface area contributed by atoms with Crippen LogP contribution in [0, 0.1) is 0 Å². The lowest BCUT2D eigenvalue weighted by Crippen LogP contribution is -2.57. The average molecular weight is 574 g/mol. The first-order chi connectivity index (χ1) is 16.6. The van der Waals surface area contributed by atoms with Gasteiger partial charge in [-0.2, -0.15) is 4.31 Å². The third kappa shape index (κ3) is 5.11. The maximum atomic E-state index is 13.4. The molecule has 0 radical (unpaired) electrons. The van der Waals surface area contributed by atoms with Gasteiger partial charge in [-0.25, -0.2) is 13.4 Å². The average Bonchev–Trinajstić information content (AvgIpc) is 3.42. The SMILES string of the molecule is CC1Cc2nc(C(=O)N3CCN(S(=O)(=O)c4cc5cc(Cl)ccc5[nH]4)CC3CC(N)=O)sc2CN1.Cl. The number of nitrogens with two attached hydrogens (primary N) is 1. The Kier molecular flexibility index (Phi) is 7.65. The van der Waals surface area contributed by atoms with Crippen molar-refractivity contribution in [2.45, 2.75) is 43.4 Å². The topological polar surface area (TPSA) is 141 Å². The Labute approximate surface area is 223 Å². The fraction of sp³-hybridized carbons (Fsp3) is 0.409. The van der Waals surface area contributed by atoms with Crippen LogP contribution in [0.15, 0.2) is 29.3 Å². The molecule has 2 aliphatic heterocycles. The molecule has 4 N–H and O–H groups in total. The summed E-state index contributed by atoms with van der Waals surface area (Å²) in [7, 11) is -3.90. The van der Waals surface area contributed by atoms with Crippen molar-refractivity contribution in [2.24, 2.45) is 5.73 Å². The van der Waals surface area contributed by atoms with E-state index in [2.05, 4.69) is 22.2 Å². The summed E-state index contributed by atoms with van der Waals surface area (Å²) in [5, 5.41) is 4.92. The Morgan fingerprint density at radius 1 is 1.28 bits per heavy atom. The van der Waals surface area contributed by atoms with Crippen LogP contribution in [0.3, 0.4) is 0 Å². The van der Waals surface area contributed by atoms with Crippen LogP contribution in [0.25, 0.3) is 10.9 Å². The highest BCUT2D eigenvalue weighted by Crippen LogP contribution is 2.29. The van der Waals surface area contributed by atoms with Crippen LogP contribution in [0.5, 0.6) is 0 Å². The van der Waals surface area contributed by atoms with E-state index in [0.29, 0.717) is 27.5 Å². The highest BCUT2D eigenvalue weighted by atomic mass is 35.5. The van der Waals surface area contributed by atoms with Gasteiger partial charge in [0.1, 0.15) is 5.03 Å². The second-order valence-electron chi connectivity index (χ2n) is 8.93. The number of nitrogens with zero attached hydrogens (tertiary/aromatic N) is 3. The van der Waals surface area contributed by atoms with Gasteiger partial charge in [0, 0.05) is 65.9 Å². The predicted octanol–water partition coefficient (Wildman–Crippen LogP) is 2.12. The number of amides is 2. The Morgan fingerprint density at radius 3 is 2.81 bits per heavy atom. The molecule has 0 spiro atoms. The van der Waals surface area contributed by atoms with E-state index in [4.69, 9.17) is 17.3 Å². The molecular weight excluding hydrogens is 547 g/mol. The monoisotopic (exact) mass is 572 g/mol. The Morgan fingerprint density at radius 2 is 2.06 bits per heavy atom. The van der Waals surface area contributed by atoms with E-state index in [1.54, 1.807) is 18.2 Å². The number of piperazine rings is 1. The number of benzene rings is 1. The molecule has 2 aromatic heterocycles. The standard InChI is InChI=1S/C22H25ClN6O4S2.ClH/c1-12-6-17-18(10-25-12)34-21(27-17)22(31)29-5-4-28(11-15(29)9-19(24)30)35(32,33)20-8-13-7-14(23)2-3-16(13)26-20;/h2-3,7-8,12,15,25-26H,4-6,9-11H2,1H3,(H2,24,30);1H. The molecule has 2 aliphatic rings. The van der Waals surface area contributed by atoms with E-state index in [9.17, 15) is 18.0 Å². The summed E-state index contributed by atoms with van der Waals surface area (Å²) in [5.74, 6) is -0.913. The minimum absolute atomic E-state index is 0. The molecule has 5 rings (SSSR count). The van der Waals surface area contributed by atoms with Crippen LogP contribution in [0.2, 0.25) is 5.02 Å². The molecule has 14 heteroatoms. The molecule has 2 atom stereocenters. The molecule has 3 aromatic rings. The first kappa shape index (κ1) is 26.8. The summed E-state index contributed by atoms with van der Waals surface area (Å²) in [5.41, 5.74) is 7.02. The zero-order valence-corrected chi connectivity index (χ0v) is 22.6. The molecule has 0 bridgehead atoms. The van der Waals surface area contributed by atoms with Crippen molar-refractivity contribution in [2.75, 3.05) is 19.6 Å². The van der Waals surface area contributed by atoms with Crippen molar-refractivity contribution < 1.29 is 18.0 Å². The predicted molar refractivity (Wildman–Crippen MR) is 140 cm³/mol. The van der Waals surface area contributed by atoms with Gasteiger partial charge < -0.3 is 20.9 Å². The summed E-state index contributed by atoms with van der Waals surface area (Å²) < 4.78 is 28.1. The van der Waals surface area contributed by atoms with Gasteiger partial charge in [0.2, 0.25) is 5.91 Å². The summed E-state index contributed by atoms with van der Waals surface area (Å²) in [6.07, 6.45) is 0.593. The number of carbonyl (C=O) groups excluding carboxylic acids is 2. The van der Waals surface area contributed by atoms with Crippen molar-refractivity contribution >= 4 is 68.1 Å². The number of carbonyl (C=O) groups is 2. The number of halogens is 2. The largest absolute Gasteiger partial charge is 0.370 e. The number of aromatic nitrogens is 2. The summed E-state index contributed by atoms with van der Waals surface area (Å²) in [6.45, 7) is 2.89. The van der Waals surface area contributed by atoms with Crippen LogP contribution >= 0.6 is 35.3 Å². The number of rotatable bonds is 5. The molecule has 2 amide bonds. The van der Waals surface area contributed by atoms with E-state index in [1.807, 2.05) is 0 Å². The number of hydrogen-bond donors (Lipinski definition) is 3. The van der Waals surface area contributed by atoms with E-state index >= 15 is 0 Å². The highest BCUT2D eigenvalue weighted by Gasteiger charge is 2.39. The molecule has 1 saturated heterocycles. The molecule has 10 nitrogen and oxygen atoms in total. The minimum Gasteiger partial charge on any atom is -0.370 e. The van der Waals surface area contributed by atoms with E-state index in [1.165, 1.54) is 26.6 Å². The molecule has 2 unspecified atom stereocenters. The van der Waals surface area contributed by atoms with Crippen molar-refractivity contribution in [3.8, 4) is 0 Å². The van der Waals surface area contributed by atoms with Gasteiger partial charge in [0.15, 0.2) is 5.01 Å². The second kappa shape index (κ2) is 10.3. The first-order valence-corrected chi connectivity index (χ1v) is 13.8. The Hall–Kier alpha value is -2.22. The number of nitrogens with one attached hydrogen (secondary N) is 2. The fourth-order valence-electron chi connectivity index (χ4n) is 4.60. The molecule has 1 fully saturated rings. The summed E-state index contributed by atoms with van der Waals surface area (Å²) in [6, 6.07) is 6.20. The smallest absolute Gasteiger partial charge is 0.283 e. The van der Waals surface area contributed by atoms with Gasteiger partial charge in [0.25, 0.3) is 15.9 Å². The van der Waals surface area contributed by atoms with Crippen molar-refractivity contribution in [3.05, 3.63) is 44.9 Å². The van der Waals surface area contributed by atoms with E-state index < -0.39 is 22.0 Å². The van der Waals surface area contributed by atoms with Gasteiger partial charge in [0.05, 0.1) is 11.7 Å². The summed E-state index contributed by atoms with van der Waals surface area (Å²) >= 11 is 7.37. The lowest BCUT2D eigenvalue weighted by molar-refractivity contribution is -0.119. The molecule has 1 aromatic carbocycles. The van der Waals surface area contributed by atoms with Crippen LogP contribution in [-0.2, 0) is 27.8 Å². The van der Waals surface area contributed by atoms with Gasteiger partial charge in [-0.15, -0.1) is 23.7 Å². The highest BCUT2D eigenvalue weighted by molar-refractivity contribution is 7.89. The second-order valence-corrected chi connectivity index (χ2v) is 12.4. The quantitative estimate of drug-likeness (QED) is 0.427. The van der Waals surface area contributed by atoms with Crippen LogP contribution in [-0.4, -0.2) is 71.1 Å². The first-order valence-electron chi connectivity index (χ1n) is 11.2. The van der Waals surface area contributed by atoms with Crippen LogP contribution in [0.1, 0.15) is 33.7 Å².